The quantitative estimate of drug-likeness (QED) is 0.617. The highest BCUT2D eigenvalue weighted by Gasteiger charge is 2.19. The minimum Gasteiger partial charge on any atom is -0.497 e. The number of carbonyl (C=O) groups excluding carboxylic acids is 1. The molecule has 0 radical (unpaired) electrons. The molecule has 10 nitrogen and oxygen atoms in total. The summed E-state index contributed by atoms with van der Waals surface area (Å²) in [4.78, 5) is 18.5. The van der Waals surface area contributed by atoms with Crippen LogP contribution in [-0.4, -0.2) is 61.6 Å². The summed E-state index contributed by atoms with van der Waals surface area (Å²) < 4.78 is 30.7. The molecule has 0 aliphatic heterocycles. The van der Waals surface area contributed by atoms with Gasteiger partial charge in [0.25, 0.3) is 5.91 Å². The van der Waals surface area contributed by atoms with E-state index in [2.05, 4.69) is 15.6 Å². The molecule has 0 spiro atoms. The first kappa shape index (κ1) is 19.6. The van der Waals surface area contributed by atoms with Crippen LogP contribution in [0.3, 0.4) is 0 Å². The third kappa shape index (κ3) is 4.05. The Labute approximate surface area is 161 Å². The molecule has 3 aromatic rings. The van der Waals surface area contributed by atoms with E-state index in [9.17, 15) is 13.2 Å². The highest BCUT2D eigenvalue weighted by Crippen LogP contribution is 2.19. The Balaban J connectivity index is 1.72. The van der Waals surface area contributed by atoms with Gasteiger partial charge in [0.05, 0.1) is 12.0 Å². The van der Waals surface area contributed by atoms with Gasteiger partial charge in [0.2, 0.25) is 10.0 Å². The van der Waals surface area contributed by atoms with E-state index in [1.807, 2.05) is 0 Å². The van der Waals surface area contributed by atoms with Crippen LogP contribution in [0.2, 0.25) is 0 Å². The molecule has 1 N–H and O–H groups in total. The van der Waals surface area contributed by atoms with Crippen LogP contribution in [0, 0.1) is 0 Å². The lowest BCUT2D eigenvalue weighted by atomic mass is 10.3. The maximum atomic E-state index is 12.3. The molecule has 28 heavy (non-hydrogen) atoms. The fraction of sp³-hybridized carbons (Fsp3) is 0.235. The number of methoxy groups -OCH3 is 1. The Morgan fingerprint density at radius 2 is 1.89 bits per heavy atom. The van der Waals surface area contributed by atoms with Gasteiger partial charge in [0.15, 0.2) is 6.61 Å². The van der Waals surface area contributed by atoms with Gasteiger partial charge in [-0.25, -0.2) is 12.7 Å². The molecule has 0 fully saturated rings. The van der Waals surface area contributed by atoms with Crippen molar-refractivity contribution in [2.75, 3.05) is 33.1 Å². The molecule has 1 amide bonds. The van der Waals surface area contributed by atoms with E-state index < -0.39 is 15.9 Å². The minimum absolute atomic E-state index is 0.0693. The first-order valence-corrected chi connectivity index (χ1v) is 9.60. The summed E-state index contributed by atoms with van der Waals surface area (Å²) in [6.45, 7) is -0.338. The van der Waals surface area contributed by atoms with Crippen molar-refractivity contribution in [3.05, 3.63) is 42.5 Å². The lowest BCUT2D eigenvalue weighted by Crippen LogP contribution is -2.26. The van der Waals surface area contributed by atoms with Crippen molar-refractivity contribution >= 4 is 32.7 Å². The molecule has 1 heterocycles. The standard InChI is InChI=1S/C17H19N5O5S/c1-21(2)28(24,25)14-8-9-15-16(10-14)22(20-19-15)27-11-17(23)18-12-4-6-13(26-3)7-5-12/h4-10H,11H2,1-3H3,(H,18,23). The average Bonchev–Trinajstić information content (AvgIpc) is 3.09. The Bertz CT molecular complexity index is 1090. The average molecular weight is 405 g/mol. The summed E-state index contributed by atoms with van der Waals surface area (Å²) in [5, 5.41) is 10.4. The molecule has 3 rings (SSSR count). The van der Waals surface area contributed by atoms with E-state index in [4.69, 9.17) is 9.57 Å². The SMILES string of the molecule is COc1ccc(NC(=O)COn2nnc3ccc(S(=O)(=O)N(C)C)cc32)cc1. The first-order valence-electron chi connectivity index (χ1n) is 8.16. The predicted octanol–water partition coefficient (Wildman–Crippen LogP) is 0.757. The zero-order valence-corrected chi connectivity index (χ0v) is 16.3. The number of ether oxygens (including phenoxy) is 1. The Morgan fingerprint density at radius 3 is 2.54 bits per heavy atom. The maximum absolute atomic E-state index is 12.3. The highest BCUT2D eigenvalue weighted by atomic mass is 32.2. The molecular weight excluding hydrogens is 386 g/mol. The molecule has 0 aliphatic rings. The van der Waals surface area contributed by atoms with Gasteiger partial charge in [0, 0.05) is 19.8 Å². The highest BCUT2D eigenvalue weighted by molar-refractivity contribution is 7.89. The number of hydrogen-bond acceptors (Lipinski definition) is 7. The molecule has 0 saturated heterocycles. The molecule has 0 saturated carbocycles. The van der Waals surface area contributed by atoms with Crippen molar-refractivity contribution in [3.8, 4) is 5.75 Å². The van der Waals surface area contributed by atoms with Crippen LogP contribution in [0.1, 0.15) is 0 Å². The van der Waals surface area contributed by atoms with Gasteiger partial charge in [-0.05, 0) is 47.7 Å². The predicted molar refractivity (Wildman–Crippen MR) is 101 cm³/mol. The molecule has 148 valence electrons. The number of anilines is 1. The van der Waals surface area contributed by atoms with Gasteiger partial charge in [0.1, 0.15) is 16.8 Å². The summed E-state index contributed by atoms with van der Waals surface area (Å²) in [5.74, 6) is 0.262. The second-order valence-corrected chi connectivity index (χ2v) is 8.10. The molecular formula is C17H19N5O5S. The van der Waals surface area contributed by atoms with Gasteiger partial charge < -0.3 is 14.9 Å². The molecule has 0 unspecified atom stereocenters. The number of benzene rings is 2. The van der Waals surface area contributed by atoms with E-state index >= 15 is 0 Å². The van der Waals surface area contributed by atoms with Crippen LogP contribution in [-0.2, 0) is 14.8 Å². The van der Waals surface area contributed by atoms with Crippen LogP contribution < -0.4 is 14.9 Å². The summed E-state index contributed by atoms with van der Waals surface area (Å²) in [7, 11) is 0.812. The van der Waals surface area contributed by atoms with Crippen LogP contribution >= 0.6 is 0 Å². The summed E-state index contributed by atoms with van der Waals surface area (Å²) in [6, 6.07) is 11.2. The van der Waals surface area contributed by atoms with Crippen molar-refractivity contribution in [3.63, 3.8) is 0 Å². The van der Waals surface area contributed by atoms with Crippen molar-refractivity contribution in [1.82, 2.24) is 19.5 Å². The van der Waals surface area contributed by atoms with Gasteiger partial charge in [-0.1, -0.05) is 4.85 Å². The largest absolute Gasteiger partial charge is 0.497 e. The molecule has 0 atom stereocenters. The molecule has 11 heteroatoms. The number of carbonyl (C=O) groups is 1. The second kappa shape index (κ2) is 7.82. The van der Waals surface area contributed by atoms with E-state index in [0.29, 0.717) is 22.5 Å². The number of rotatable bonds is 7. The third-order valence-corrected chi connectivity index (χ3v) is 5.67. The molecule has 0 aliphatic carbocycles. The zero-order valence-electron chi connectivity index (χ0n) is 15.5. The van der Waals surface area contributed by atoms with Crippen molar-refractivity contribution in [1.29, 1.82) is 0 Å². The number of fused-ring (bicyclic) bond motifs is 1. The van der Waals surface area contributed by atoms with Gasteiger partial charge >= 0.3 is 0 Å². The molecule has 0 bridgehead atoms. The lowest BCUT2D eigenvalue weighted by molar-refractivity contribution is -0.121. The van der Waals surface area contributed by atoms with Crippen LogP contribution in [0.25, 0.3) is 11.0 Å². The summed E-state index contributed by atoms with van der Waals surface area (Å²) in [5.41, 5.74) is 1.35. The van der Waals surface area contributed by atoms with Crippen molar-refractivity contribution in [2.45, 2.75) is 4.90 Å². The number of amides is 1. The zero-order chi connectivity index (χ0) is 20.3. The van der Waals surface area contributed by atoms with E-state index in [1.54, 1.807) is 31.4 Å². The first-order chi connectivity index (χ1) is 13.3. The third-order valence-electron chi connectivity index (χ3n) is 3.86. The van der Waals surface area contributed by atoms with E-state index in [1.165, 1.54) is 32.3 Å². The topological polar surface area (TPSA) is 116 Å². The fourth-order valence-electron chi connectivity index (χ4n) is 2.34. The summed E-state index contributed by atoms with van der Waals surface area (Å²) >= 11 is 0. The Morgan fingerprint density at radius 1 is 1.18 bits per heavy atom. The second-order valence-electron chi connectivity index (χ2n) is 5.95. The molecule has 2 aromatic carbocycles. The number of nitrogens with one attached hydrogen (secondary N) is 1. The van der Waals surface area contributed by atoms with E-state index in [-0.39, 0.29) is 11.5 Å². The molecule has 1 aromatic heterocycles. The van der Waals surface area contributed by atoms with Crippen LogP contribution in [0.5, 0.6) is 5.75 Å². The Hall–Kier alpha value is -3.18. The smallest absolute Gasteiger partial charge is 0.265 e. The number of hydrogen-bond donors (Lipinski definition) is 1. The van der Waals surface area contributed by atoms with Gasteiger partial charge in [-0.3, -0.25) is 4.79 Å². The van der Waals surface area contributed by atoms with Crippen LogP contribution in [0.4, 0.5) is 5.69 Å². The van der Waals surface area contributed by atoms with Gasteiger partial charge in [-0.2, -0.15) is 0 Å². The van der Waals surface area contributed by atoms with Crippen molar-refractivity contribution < 1.29 is 22.8 Å². The van der Waals surface area contributed by atoms with Crippen molar-refractivity contribution in [2.24, 2.45) is 0 Å². The normalized spacial score (nSPS) is 11.6. The maximum Gasteiger partial charge on any atom is 0.265 e. The number of sulfonamides is 1. The monoisotopic (exact) mass is 405 g/mol. The van der Waals surface area contributed by atoms with Gasteiger partial charge in [-0.15, -0.1) is 5.10 Å². The lowest BCUT2D eigenvalue weighted by Gasteiger charge is -2.11. The Kier molecular flexibility index (Phi) is 5.47. The minimum atomic E-state index is -3.62. The fourth-order valence-corrected chi connectivity index (χ4v) is 3.26. The number of nitrogens with zero attached hydrogens (tertiary/aromatic N) is 4. The van der Waals surface area contributed by atoms with E-state index in [0.717, 1.165) is 9.15 Å². The van der Waals surface area contributed by atoms with Crippen LogP contribution in [0.15, 0.2) is 47.4 Å². The number of aromatic nitrogens is 3. The summed E-state index contributed by atoms with van der Waals surface area (Å²) in [6.07, 6.45) is 0.